The van der Waals surface area contributed by atoms with Gasteiger partial charge in [0.25, 0.3) is 0 Å². The molecule has 1 heterocycles. The fourth-order valence-electron chi connectivity index (χ4n) is 5.85. The summed E-state index contributed by atoms with van der Waals surface area (Å²) in [7, 11) is 0. The predicted octanol–water partition coefficient (Wildman–Crippen LogP) is 5.07. The van der Waals surface area contributed by atoms with E-state index in [4.69, 9.17) is 4.18 Å². The lowest BCUT2D eigenvalue weighted by molar-refractivity contribution is -0.129. The van der Waals surface area contributed by atoms with Crippen molar-refractivity contribution in [1.29, 1.82) is 0 Å². The second-order valence-electron chi connectivity index (χ2n) is 7.91. The summed E-state index contributed by atoms with van der Waals surface area (Å²) >= 11 is 1.94. The van der Waals surface area contributed by atoms with Crippen LogP contribution in [0.4, 0.5) is 0 Å². The molecular formula is C22H31NO3S2. The highest BCUT2D eigenvalue weighted by molar-refractivity contribution is 7.79. The van der Waals surface area contributed by atoms with E-state index >= 15 is 0 Å². The van der Waals surface area contributed by atoms with E-state index in [-0.39, 0.29) is 5.41 Å². The van der Waals surface area contributed by atoms with Crippen LogP contribution in [0.2, 0.25) is 0 Å². The van der Waals surface area contributed by atoms with E-state index in [0.29, 0.717) is 29.3 Å². The van der Waals surface area contributed by atoms with Gasteiger partial charge in [0.1, 0.15) is 5.78 Å². The van der Waals surface area contributed by atoms with Crippen molar-refractivity contribution in [2.24, 2.45) is 21.6 Å². The van der Waals surface area contributed by atoms with Crippen molar-refractivity contribution < 1.29 is 13.2 Å². The molecule has 5 atom stereocenters. The summed E-state index contributed by atoms with van der Waals surface area (Å²) in [6.45, 7) is 6.21. The van der Waals surface area contributed by atoms with E-state index in [9.17, 15) is 9.00 Å². The van der Waals surface area contributed by atoms with E-state index in [2.05, 4.69) is 30.0 Å². The number of Topliss-reactive ketones (excluding diaryl/α,β-unsaturated/α-hetero) is 1. The molecule has 0 radical (unpaired) electrons. The summed E-state index contributed by atoms with van der Waals surface area (Å²) < 4.78 is 20.8. The molecule has 5 unspecified atom stereocenters. The molecule has 0 spiro atoms. The van der Waals surface area contributed by atoms with Crippen LogP contribution >= 0.6 is 12.6 Å². The zero-order valence-corrected chi connectivity index (χ0v) is 18.9. The molecule has 4 aliphatic rings. The zero-order valence-electron chi connectivity index (χ0n) is 17.2. The molecule has 28 heavy (non-hydrogen) atoms. The van der Waals surface area contributed by atoms with Crippen LogP contribution in [0.5, 0.6) is 5.75 Å². The van der Waals surface area contributed by atoms with Crippen molar-refractivity contribution in [2.75, 3.05) is 6.26 Å². The Bertz CT molecular complexity index is 807. The minimum absolute atomic E-state index is 0.0751. The van der Waals surface area contributed by atoms with E-state index in [1.54, 1.807) is 12.5 Å². The maximum Gasteiger partial charge on any atom is 0.338 e. The van der Waals surface area contributed by atoms with Gasteiger partial charge in [0.15, 0.2) is 5.75 Å². The van der Waals surface area contributed by atoms with Gasteiger partial charge >= 0.3 is 11.3 Å². The molecule has 0 saturated heterocycles. The first-order chi connectivity index (χ1) is 13.6. The Morgan fingerprint density at radius 2 is 1.93 bits per heavy atom. The molecule has 2 fully saturated rings. The molecule has 1 aliphatic heterocycles. The third-order valence-corrected chi connectivity index (χ3v) is 7.66. The van der Waals surface area contributed by atoms with Gasteiger partial charge in [-0.15, -0.1) is 0 Å². The Labute approximate surface area is 176 Å². The van der Waals surface area contributed by atoms with Gasteiger partial charge in [-0.05, 0) is 73.3 Å². The molecule has 4 nitrogen and oxygen atoms in total. The number of hydrogen-bond acceptors (Lipinski definition) is 4. The molecule has 0 amide bonds. The first kappa shape index (κ1) is 21.6. The molecular weight excluding hydrogens is 390 g/mol. The largest absolute Gasteiger partial charge is 0.383 e. The van der Waals surface area contributed by atoms with Crippen molar-refractivity contribution >= 4 is 35.9 Å². The standard InChI is InChI=1S/C19H21NO3S.C2H6.CH4S/c1-19-9-8-13-11-4-6-17-15(10-20-24(22)23-17)12(11)2-3-14(13)16(19)5-7-18(19)21;2*1-2/h4,6,10,13-14,16H,2-3,5,7-9H2,1H3;1-2H3;2H,1H3. The van der Waals surface area contributed by atoms with Gasteiger partial charge < -0.3 is 4.18 Å². The zero-order chi connectivity index (χ0) is 20.5. The molecule has 3 aliphatic carbocycles. The van der Waals surface area contributed by atoms with E-state index in [1.165, 1.54) is 11.1 Å². The molecule has 6 heteroatoms. The number of thiol groups is 1. The first-order valence-electron chi connectivity index (χ1n) is 10.4. The lowest BCUT2D eigenvalue weighted by Gasteiger charge is -2.48. The number of carbonyl (C=O) groups excluding carboxylic acids is 1. The summed E-state index contributed by atoms with van der Waals surface area (Å²) in [5, 5.41) is 0. The number of benzene rings is 1. The number of rotatable bonds is 0. The van der Waals surface area contributed by atoms with Crippen LogP contribution in [0.15, 0.2) is 16.5 Å². The molecule has 2 saturated carbocycles. The topological polar surface area (TPSA) is 55.7 Å². The second kappa shape index (κ2) is 8.70. The average Bonchev–Trinajstić information content (AvgIpc) is 3.05. The summed E-state index contributed by atoms with van der Waals surface area (Å²) in [6, 6.07) is 4.12. The van der Waals surface area contributed by atoms with Crippen LogP contribution in [-0.2, 0) is 22.5 Å². The van der Waals surface area contributed by atoms with Gasteiger partial charge in [-0.3, -0.25) is 4.79 Å². The summed E-state index contributed by atoms with van der Waals surface area (Å²) in [5.41, 5.74) is 3.67. The Morgan fingerprint density at radius 3 is 2.68 bits per heavy atom. The van der Waals surface area contributed by atoms with Gasteiger partial charge in [0, 0.05) is 17.4 Å². The Kier molecular flexibility index (Phi) is 6.70. The summed E-state index contributed by atoms with van der Waals surface area (Å²) in [5.74, 6) is 2.90. The molecule has 1 aromatic rings. The van der Waals surface area contributed by atoms with Gasteiger partial charge in [-0.1, -0.05) is 26.8 Å². The highest BCUT2D eigenvalue weighted by atomic mass is 32.2. The number of carbonyl (C=O) groups is 1. The highest BCUT2D eigenvalue weighted by Crippen LogP contribution is 2.59. The van der Waals surface area contributed by atoms with Gasteiger partial charge in [-0.25, -0.2) is 0 Å². The SMILES string of the molecule is CC.CC12CCC3c4ccc5c(c4CCC3C1CCC2=O)C=NS(=O)O5.CS. The maximum atomic E-state index is 12.4. The normalized spacial score (nSPS) is 34.2. The number of fused-ring (bicyclic) bond motifs is 7. The third kappa shape index (κ3) is 3.36. The van der Waals surface area contributed by atoms with Crippen molar-refractivity contribution in [2.45, 2.75) is 65.2 Å². The molecule has 1 aromatic carbocycles. The minimum atomic E-state index is -1.59. The van der Waals surface area contributed by atoms with Gasteiger partial charge in [0.05, 0.1) is 6.21 Å². The smallest absolute Gasteiger partial charge is 0.338 e. The number of ketones is 1. The molecule has 0 bridgehead atoms. The number of nitrogens with zero attached hydrogens (tertiary/aromatic N) is 1. The van der Waals surface area contributed by atoms with E-state index in [0.717, 1.165) is 44.1 Å². The van der Waals surface area contributed by atoms with Crippen LogP contribution in [-0.4, -0.2) is 22.5 Å². The van der Waals surface area contributed by atoms with Crippen molar-refractivity contribution in [3.8, 4) is 5.75 Å². The second-order valence-corrected chi connectivity index (χ2v) is 8.73. The van der Waals surface area contributed by atoms with E-state index < -0.39 is 11.3 Å². The molecule has 5 rings (SSSR count). The van der Waals surface area contributed by atoms with Crippen molar-refractivity contribution in [3.63, 3.8) is 0 Å². The highest BCUT2D eigenvalue weighted by Gasteiger charge is 2.54. The van der Waals surface area contributed by atoms with Crippen LogP contribution in [0.1, 0.15) is 75.5 Å². The Hall–Kier alpha value is -1.14. The maximum absolute atomic E-state index is 12.4. The quantitative estimate of drug-likeness (QED) is 0.595. The molecule has 154 valence electrons. The minimum Gasteiger partial charge on any atom is -0.383 e. The van der Waals surface area contributed by atoms with Gasteiger partial charge in [-0.2, -0.15) is 21.2 Å². The summed E-state index contributed by atoms with van der Waals surface area (Å²) in [6.07, 6.45) is 9.51. The van der Waals surface area contributed by atoms with E-state index in [1.807, 2.05) is 19.9 Å². The molecule has 0 aromatic heterocycles. The lowest BCUT2D eigenvalue weighted by Crippen LogP contribution is -2.42. The Balaban J connectivity index is 0.000000531. The van der Waals surface area contributed by atoms with Crippen LogP contribution in [0.3, 0.4) is 0 Å². The van der Waals surface area contributed by atoms with Crippen molar-refractivity contribution in [3.05, 3.63) is 28.8 Å². The van der Waals surface area contributed by atoms with Crippen LogP contribution < -0.4 is 4.18 Å². The fraction of sp³-hybridized carbons (Fsp3) is 0.636. The monoisotopic (exact) mass is 421 g/mol. The Morgan fingerprint density at radius 1 is 1.18 bits per heavy atom. The summed E-state index contributed by atoms with van der Waals surface area (Å²) in [4.78, 5) is 12.4. The van der Waals surface area contributed by atoms with Crippen LogP contribution in [0, 0.1) is 17.3 Å². The average molecular weight is 422 g/mol. The molecule has 0 N–H and O–H groups in total. The predicted molar refractivity (Wildman–Crippen MR) is 119 cm³/mol. The fourth-order valence-corrected chi connectivity index (χ4v) is 6.39. The lowest BCUT2D eigenvalue weighted by atomic mass is 9.55. The van der Waals surface area contributed by atoms with Crippen molar-refractivity contribution in [1.82, 2.24) is 0 Å². The van der Waals surface area contributed by atoms with Gasteiger partial charge in [0.2, 0.25) is 0 Å². The third-order valence-electron chi connectivity index (χ3n) is 7.06. The first-order valence-corrected chi connectivity index (χ1v) is 12.3. The number of hydrogen-bond donors (Lipinski definition) is 1. The van der Waals surface area contributed by atoms with Crippen LogP contribution in [0.25, 0.3) is 0 Å².